The van der Waals surface area contributed by atoms with E-state index in [1.807, 2.05) is 0 Å². The van der Waals surface area contributed by atoms with Crippen LogP contribution >= 0.6 is 58.1 Å². The lowest BCUT2D eigenvalue weighted by molar-refractivity contribution is -0.114. The Balaban J connectivity index is 1.43. The molecule has 0 saturated carbocycles. The van der Waals surface area contributed by atoms with Gasteiger partial charge in [0.05, 0.1) is 32.9 Å². The Morgan fingerprint density at radius 3 is 1.62 bits per heavy atom. The summed E-state index contributed by atoms with van der Waals surface area (Å²) in [6.45, 7) is 0. The lowest BCUT2D eigenvalue weighted by Crippen LogP contribution is -2.14. The number of aromatic nitrogens is 2. The van der Waals surface area contributed by atoms with Gasteiger partial charge in [-0.05, 0) is 24.3 Å². The first-order valence-corrected chi connectivity index (χ1v) is 11.7. The second-order valence-corrected chi connectivity index (χ2v) is 9.70. The topological polar surface area (TPSA) is 84.0 Å². The van der Waals surface area contributed by atoms with Crippen LogP contribution in [-0.4, -0.2) is 33.5 Å². The number of anilines is 2. The van der Waals surface area contributed by atoms with Gasteiger partial charge < -0.3 is 10.6 Å². The molecule has 2 amide bonds. The van der Waals surface area contributed by atoms with Crippen molar-refractivity contribution in [2.24, 2.45) is 0 Å². The van der Waals surface area contributed by atoms with Crippen molar-refractivity contribution in [3.63, 3.8) is 0 Å². The molecule has 0 fully saturated rings. The van der Waals surface area contributed by atoms with Crippen molar-refractivity contribution >= 4 is 81.3 Å². The summed E-state index contributed by atoms with van der Waals surface area (Å²) in [5, 5.41) is 14.5. The van der Waals surface area contributed by atoms with Gasteiger partial charge in [-0.1, -0.05) is 82.3 Å². The molecular weight excluding hydrogens is 471 g/mol. The predicted molar refractivity (Wildman–Crippen MR) is 122 cm³/mol. The number of rotatable bonds is 8. The number of nitrogens with one attached hydrogen (secondary N) is 2. The van der Waals surface area contributed by atoms with Crippen molar-refractivity contribution in [3.05, 3.63) is 58.6 Å². The van der Waals surface area contributed by atoms with E-state index in [4.69, 9.17) is 23.2 Å². The van der Waals surface area contributed by atoms with Crippen molar-refractivity contribution < 1.29 is 9.59 Å². The monoisotopic (exact) mass is 484 g/mol. The number of nitrogens with zero attached hydrogens (tertiary/aromatic N) is 2. The highest BCUT2D eigenvalue weighted by Crippen LogP contribution is 2.29. The second kappa shape index (κ2) is 10.8. The van der Waals surface area contributed by atoms with E-state index >= 15 is 0 Å². The molecule has 0 bridgehead atoms. The molecule has 0 aliphatic carbocycles. The van der Waals surface area contributed by atoms with E-state index in [1.54, 1.807) is 48.5 Å². The van der Waals surface area contributed by atoms with Crippen molar-refractivity contribution in [1.29, 1.82) is 0 Å². The molecular formula is C18H14Cl2N4O2S3. The first kappa shape index (κ1) is 21.9. The highest BCUT2D eigenvalue weighted by molar-refractivity contribution is 8.03. The summed E-state index contributed by atoms with van der Waals surface area (Å²) in [4.78, 5) is 24.1. The van der Waals surface area contributed by atoms with E-state index in [9.17, 15) is 9.59 Å². The van der Waals surface area contributed by atoms with E-state index < -0.39 is 0 Å². The average molecular weight is 485 g/mol. The molecule has 0 radical (unpaired) electrons. The van der Waals surface area contributed by atoms with Gasteiger partial charge in [-0.2, -0.15) is 0 Å². The first-order valence-electron chi connectivity index (χ1n) is 8.19. The molecule has 29 heavy (non-hydrogen) atoms. The van der Waals surface area contributed by atoms with Crippen molar-refractivity contribution in [3.8, 4) is 0 Å². The van der Waals surface area contributed by atoms with Gasteiger partial charge in [-0.25, -0.2) is 0 Å². The molecule has 6 nitrogen and oxygen atoms in total. The van der Waals surface area contributed by atoms with Crippen molar-refractivity contribution in [1.82, 2.24) is 10.2 Å². The van der Waals surface area contributed by atoms with Crippen molar-refractivity contribution in [2.75, 3.05) is 22.1 Å². The molecule has 0 saturated heterocycles. The van der Waals surface area contributed by atoms with E-state index in [0.717, 1.165) is 0 Å². The lowest BCUT2D eigenvalue weighted by atomic mass is 10.3. The highest BCUT2D eigenvalue weighted by Gasteiger charge is 2.12. The number of amides is 2. The molecule has 3 aromatic rings. The van der Waals surface area contributed by atoms with Gasteiger partial charge in [0.15, 0.2) is 8.68 Å². The Morgan fingerprint density at radius 2 is 1.21 bits per heavy atom. The van der Waals surface area contributed by atoms with Gasteiger partial charge in [0.1, 0.15) is 0 Å². The Morgan fingerprint density at radius 1 is 0.793 bits per heavy atom. The average Bonchev–Trinajstić information content (AvgIpc) is 3.16. The molecule has 0 spiro atoms. The summed E-state index contributed by atoms with van der Waals surface area (Å²) in [5.41, 5.74) is 1.13. The fourth-order valence-electron chi connectivity index (χ4n) is 2.07. The zero-order valence-electron chi connectivity index (χ0n) is 14.7. The van der Waals surface area contributed by atoms with Crippen LogP contribution in [0.15, 0.2) is 57.2 Å². The fraction of sp³-hybridized carbons (Fsp3) is 0.111. The van der Waals surface area contributed by atoms with Gasteiger partial charge in [0, 0.05) is 0 Å². The molecule has 0 atom stereocenters. The van der Waals surface area contributed by atoms with Crippen LogP contribution in [-0.2, 0) is 9.59 Å². The van der Waals surface area contributed by atoms with Crippen LogP contribution < -0.4 is 10.6 Å². The number of para-hydroxylation sites is 2. The van der Waals surface area contributed by atoms with E-state index in [0.29, 0.717) is 30.1 Å². The molecule has 0 aliphatic rings. The normalized spacial score (nSPS) is 10.6. The maximum atomic E-state index is 12.1. The number of benzene rings is 2. The summed E-state index contributed by atoms with van der Waals surface area (Å²) in [7, 11) is 0. The fourth-order valence-corrected chi connectivity index (χ4v) is 5.05. The number of carbonyl (C=O) groups excluding carboxylic acids is 2. The van der Waals surface area contributed by atoms with Crippen LogP contribution in [0.3, 0.4) is 0 Å². The summed E-state index contributed by atoms with van der Waals surface area (Å²) >= 11 is 15.9. The Hall–Kier alpha value is -1.78. The first-order chi connectivity index (χ1) is 14.0. The number of hydrogen-bond acceptors (Lipinski definition) is 7. The van der Waals surface area contributed by atoms with Crippen LogP contribution in [0.25, 0.3) is 0 Å². The number of hydrogen-bond donors (Lipinski definition) is 2. The van der Waals surface area contributed by atoms with Gasteiger partial charge >= 0.3 is 0 Å². The van der Waals surface area contributed by atoms with E-state index in [-0.39, 0.29) is 23.3 Å². The van der Waals surface area contributed by atoms with Crippen LogP contribution in [0.1, 0.15) is 0 Å². The summed E-state index contributed by atoms with van der Waals surface area (Å²) in [5.74, 6) is -0.0204. The zero-order valence-corrected chi connectivity index (χ0v) is 18.7. The Labute approximate surface area is 189 Å². The molecule has 1 aromatic heterocycles. The molecule has 150 valence electrons. The number of halogens is 2. The molecule has 0 aliphatic heterocycles. The largest absolute Gasteiger partial charge is 0.324 e. The maximum absolute atomic E-state index is 12.1. The summed E-state index contributed by atoms with van der Waals surface area (Å²) in [6, 6.07) is 14.1. The van der Waals surface area contributed by atoms with Crippen LogP contribution in [0.4, 0.5) is 11.4 Å². The number of carbonyl (C=O) groups is 2. The third-order valence-electron chi connectivity index (χ3n) is 3.34. The van der Waals surface area contributed by atoms with Gasteiger partial charge in [-0.3, -0.25) is 9.59 Å². The Kier molecular flexibility index (Phi) is 8.19. The standard InChI is InChI=1S/C18H14Cl2N4O2S3/c19-11-5-1-3-7-13(11)21-15(25)9-27-17-23-24-18(29-17)28-10-16(26)22-14-8-4-2-6-12(14)20/h1-8H,9-10H2,(H,21,25)(H,22,26). The van der Waals surface area contributed by atoms with Crippen LogP contribution in [0.5, 0.6) is 0 Å². The summed E-state index contributed by atoms with van der Waals surface area (Å²) in [6.07, 6.45) is 0. The molecule has 0 unspecified atom stereocenters. The molecule has 2 aromatic carbocycles. The summed E-state index contributed by atoms with van der Waals surface area (Å²) < 4.78 is 1.29. The third kappa shape index (κ3) is 6.90. The maximum Gasteiger partial charge on any atom is 0.234 e. The van der Waals surface area contributed by atoms with Gasteiger partial charge in [0.25, 0.3) is 0 Å². The minimum Gasteiger partial charge on any atom is -0.324 e. The molecule has 2 N–H and O–H groups in total. The molecule has 11 heteroatoms. The number of thioether (sulfide) groups is 2. The van der Waals surface area contributed by atoms with Gasteiger partial charge in [-0.15, -0.1) is 10.2 Å². The second-order valence-electron chi connectivity index (χ2n) is 5.47. The predicted octanol–water partition coefficient (Wildman–Crippen LogP) is 5.31. The van der Waals surface area contributed by atoms with Crippen LogP contribution in [0.2, 0.25) is 10.0 Å². The minimum absolute atomic E-state index is 0.178. The SMILES string of the molecule is O=C(CSc1nnc(SCC(=O)Nc2ccccc2Cl)s1)Nc1ccccc1Cl. The van der Waals surface area contributed by atoms with Crippen molar-refractivity contribution in [2.45, 2.75) is 8.68 Å². The quantitative estimate of drug-likeness (QED) is 0.421. The zero-order chi connectivity index (χ0) is 20.6. The van der Waals surface area contributed by atoms with Crippen LogP contribution in [0, 0.1) is 0 Å². The Bertz CT molecular complexity index is 938. The smallest absolute Gasteiger partial charge is 0.234 e. The third-order valence-corrected chi connectivity index (χ3v) is 7.19. The molecule has 1 heterocycles. The van der Waals surface area contributed by atoms with E-state index in [2.05, 4.69) is 20.8 Å². The minimum atomic E-state index is -0.188. The van der Waals surface area contributed by atoms with Gasteiger partial charge in [0.2, 0.25) is 11.8 Å². The highest BCUT2D eigenvalue weighted by atomic mass is 35.5. The molecule has 3 rings (SSSR count). The lowest BCUT2D eigenvalue weighted by Gasteiger charge is -2.05. The van der Waals surface area contributed by atoms with E-state index in [1.165, 1.54) is 34.9 Å².